The predicted molar refractivity (Wildman–Crippen MR) is 181 cm³/mol. The van der Waals surface area contributed by atoms with Crippen LogP contribution in [-0.2, 0) is 5.41 Å². The van der Waals surface area contributed by atoms with E-state index in [-0.39, 0.29) is 0 Å². The van der Waals surface area contributed by atoms with Crippen molar-refractivity contribution in [1.29, 1.82) is 0 Å². The van der Waals surface area contributed by atoms with Gasteiger partial charge in [0.05, 0.1) is 11.5 Å². The van der Waals surface area contributed by atoms with Crippen molar-refractivity contribution in [3.63, 3.8) is 0 Å². The molecule has 0 aromatic heterocycles. The van der Waals surface area contributed by atoms with E-state index in [0.717, 1.165) is 36.0 Å². The molecule has 3 atom stereocenters. The molecule has 0 fully saturated rings. The molecule has 0 radical (unpaired) electrons. The maximum Gasteiger partial charge on any atom is 0.107 e. The van der Waals surface area contributed by atoms with Gasteiger partial charge in [-0.15, -0.1) is 0 Å². The van der Waals surface area contributed by atoms with Crippen molar-refractivity contribution in [3.8, 4) is 0 Å². The summed E-state index contributed by atoms with van der Waals surface area (Å²) >= 11 is 0. The Balaban J connectivity index is 1.45. The lowest BCUT2D eigenvalue weighted by Gasteiger charge is -2.43. The molecule has 0 aliphatic carbocycles. The Morgan fingerprint density at radius 1 is 0.442 bits per heavy atom. The number of unbranched alkanes of at least 4 members (excludes halogenated alkanes) is 15. The zero-order chi connectivity index (χ0) is 30.6. The number of aliphatic hydroxyl groups is 3. The van der Waals surface area contributed by atoms with Crippen molar-refractivity contribution in [2.24, 2.45) is 0 Å². The standard InChI is InChI=1S/C40H58O3/c1-2-3-4-5-6-7-8-9-10-11-12-13-14-15-16-26-33-37(41)38(42)39(43)40(34-27-20-17-21-28-34,35-29-22-18-23-30-35)36-31-24-19-25-32-36/h17-25,27-32,37-39,41-43H,2-16,26,33H2,1H3/t37-,38?,39?/m1/s1. The van der Waals surface area contributed by atoms with Crippen LogP contribution in [-0.4, -0.2) is 33.6 Å². The van der Waals surface area contributed by atoms with Crippen LogP contribution in [0.15, 0.2) is 91.0 Å². The van der Waals surface area contributed by atoms with Gasteiger partial charge in [-0.1, -0.05) is 201 Å². The lowest BCUT2D eigenvalue weighted by Crippen LogP contribution is -2.52. The molecule has 3 aromatic carbocycles. The number of aliphatic hydroxyl groups excluding tert-OH is 3. The zero-order valence-corrected chi connectivity index (χ0v) is 26.8. The minimum absolute atomic E-state index is 0.477. The number of rotatable bonds is 23. The first-order valence-corrected chi connectivity index (χ1v) is 17.3. The third-order valence-corrected chi connectivity index (χ3v) is 9.20. The summed E-state index contributed by atoms with van der Waals surface area (Å²) in [6.45, 7) is 2.28. The fourth-order valence-corrected chi connectivity index (χ4v) is 6.65. The second-order valence-corrected chi connectivity index (χ2v) is 12.5. The Bertz CT molecular complexity index is 972. The van der Waals surface area contributed by atoms with E-state index in [1.54, 1.807) is 0 Å². The van der Waals surface area contributed by atoms with Gasteiger partial charge in [0.1, 0.15) is 12.2 Å². The molecule has 236 valence electrons. The van der Waals surface area contributed by atoms with E-state index >= 15 is 0 Å². The van der Waals surface area contributed by atoms with Crippen molar-refractivity contribution < 1.29 is 15.3 Å². The van der Waals surface area contributed by atoms with Gasteiger partial charge in [0.15, 0.2) is 0 Å². The van der Waals surface area contributed by atoms with E-state index in [2.05, 4.69) is 6.92 Å². The normalized spacial score (nSPS) is 14.0. The molecule has 3 aromatic rings. The molecule has 3 rings (SSSR count). The largest absolute Gasteiger partial charge is 0.390 e. The zero-order valence-electron chi connectivity index (χ0n) is 26.8. The van der Waals surface area contributed by atoms with Gasteiger partial charge >= 0.3 is 0 Å². The van der Waals surface area contributed by atoms with Crippen molar-refractivity contribution >= 4 is 0 Å². The Kier molecular flexibility index (Phi) is 16.7. The summed E-state index contributed by atoms with van der Waals surface area (Å²) in [4.78, 5) is 0. The summed E-state index contributed by atoms with van der Waals surface area (Å²) in [5, 5.41) is 34.5. The molecule has 3 nitrogen and oxygen atoms in total. The number of hydrogen-bond acceptors (Lipinski definition) is 3. The molecule has 3 heteroatoms. The van der Waals surface area contributed by atoms with Crippen molar-refractivity contribution in [1.82, 2.24) is 0 Å². The van der Waals surface area contributed by atoms with Gasteiger partial charge < -0.3 is 15.3 Å². The summed E-state index contributed by atoms with van der Waals surface area (Å²) in [6, 6.07) is 29.6. The summed E-state index contributed by atoms with van der Waals surface area (Å²) in [5.74, 6) is 0. The van der Waals surface area contributed by atoms with Crippen LogP contribution in [0.25, 0.3) is 0 Å². The molecular weight excluding hydrogens is 528 g/mol. The smallest absolute Gasteiger partial charge is 0.107 e. The Morgan fingerprint density at radius 2 is 0.744 bits per heavy atom. The molecule has 0 saturated heterocycles. The lowest BCUT2D eigenvalue weighted by atomic mass is 9.64. The quantitative estimate of drug-likeness (QED) is 0.0765. The van der Waals surface area contributed by atoms with Gasteiger partial charge in [-0.3, -0.25) is 0 Å². The lowest BCUT2D eigenvalue weighted by molar-refractivity contribution is -0.0793. The highest BCUT2D eigenvalue weighted by Crippen LogP contribution is 2.43. The van der Waals surface area contributed by atoms with Gasteiger partial charge in [-0.25, -0.2) is 0 Å². The van der Waals surface area contributed by atoms with Gasteiger partial charge in [-0.2, -0.15) is 0 Å². The van der Waals surface area contributed by atoms with E-state index in [1.165, 1.54) is 83.5 Å². The van der Waals surface area contributed by atoms with E-state index in [9.17, 15) is 15.3 Å². The summed E-state index contributed by atoms with van der Waals surface area (Å²) in [5.41, 5.74) is 1.62. The summed E-state index contributed by atoms with van der Waals surface area (Å²) in [7, 11) is 0. The first kappa shape index (κ1) is 35.0. The van der Waals surface area contributed by atoms with Crippen LogP contribution in [0.5, 0.6) is 0 Å². The highest BCUT2D eigenvalue weighted by molar-refractivity contribution is 5.52. The summed E-state index contributed by atoms with van der Waals surface area (Å²) in [6.07, 6.45) is 17.7. The highest BCUT2D eigenvalue weighted by atomic mass is 16.4. The Labute approximate surface area is 262 Å². The third kappa shape index (κ3) is 10.9. The molecule has 0 aliphatic rings. The molecule has 0 spiro atoms. The SMILES string of the molecule is CCCCCCCCCCCCCCCCCC[C@@H](O)C(O)C(O)C(c1ccccc1)(c1ccccc1)c1ccccc1. The van der Waals surface area contributed by atoms with Crippen LogP contribution in [0.4, 0.5) is 0 Å². The second kappa shape index (κ2) is 20.5. The van der Waals surface area contributed by atoms with Crippen LogP contribution in [0.3, 0.4) is 0 Å². The highest BCUT2D eigenvalue weighted by Gasteiger charge is 2.47. The molecule has 0 heterocycles. The van der Waals surface area contributed by atoms with E-state index in [4.69, 9.17) is 0 Å². The molecule has 2 unspecified atom stereocenters. The topological polar surface area (TPSA) is 60.7 Å². The van der Waals surface area contributed by atoms with Gasteiger partial charge in [0.25, 0.3) is 0 Å². The maximum atomic E-state index is 12.0. The first-order chi connectivity index (χ1) is 21.1. The molecule has 0 bridgehead atoms. The predicted octanol–water partition coefficient (Wildman–Crippen LogP) is 9.76. The number of hydrogen-bond donors (Lipinski definition) is 3. The monoisotopic (exact) mass is 586 g/mol. The fraction of sp³-hybridized carbons (Fsp3) is 0.550. The average molecular weight is 587 g/mol. The van der Waals surface area contributed by atoms with Crippen LogP contribution < -0.4 is 0 Å². The Morgan fingerprint density at radius 3 is 1.07 bits per heavy atom. The van der Waals surface area contributed by atoms with E-state index in [0.29, 0.717) is 6.42 Å². The molecule has 0 amide bonds. The average Bonchev–Trinajstić information content (AvgIpc) is 3.06. The molecule has 3 N–H and O–H groups in total. The van der Waals surface area contributed by atoms with E-state index < -0.39 is 23.7 Å². The van der Waals surface area contributed by atoms with E-state index in [1.807, 2.05) is 91.0 Å². The minimum atomic E-state index is -1.29. The fourth-order valence-electron chi connectivity index (χ4n) is 6.65. The van der Waals surface area contributed by atoms with Gasteiger partial charge in [-0.05, 0) is 23.1 Å². The van der Waals surface area contributed by atoms with Crippen LogP contribution in [0, 0.1) is 0 Å². The second-order valence-electron chi connectivity index (χ2n) is 12.5. The first-order valence-electron chi connectivity index (χ1n) is 17.3. The number of benzene rings is 3. The van der Waals surface area contributed by atoms with Gasteiger partial charge in [0.2, 0.25) is 0 Å². The van der Waals surface area contributed by atoms with Crippen molar-refractivity contribution in [2.75, 3.05) is 0 Å². The molecule has 0 saturated carbocycles. The van der Waals surface area contributed by atoms with Gasteiger partial charge in [0, 0.05) is 0 Å². The summed E-state index contributed by atoms with van der Waals surface area (Å²) < 4.78 is 0. The Hall–Kier alpha value is -2.46. The van der Waals surface area contributed by atoms with Crippen LogP contribution in [0.2, 0.25) is 0 Å². The van der Waals surface area contributed by atoms with Crippen LogP contribution in [0.1, 0.15) is 133 Å². The molecule has 0 aliphatic heterocycles. The third-order valence-electron chi connectivity index (χ3n) is 9.20. The maximum absolute atomic E-state index is 12.0. The minimum Gasteiger partial charge on any atom is -0.390 e. The van der Waals surface area contributed by atoms with Crippen LogP contribution >= 0.6 is 0 Å². The van der Waals surface area contributed by atoms with Crippen molar-refractivity contribution in [2.45, 2.75) is 140 Å². The molecule has 43 heavy (non-hydrogen) atoms. The van der Waals surface area contributed by atoms with Crippen molar-refractivity contribution in [3.05, 3.63) is 108 Å². The molecular formula is C40H58O3.